The van der Waals surface area contributed by atoms with Gasteiger partial charge >= 0.3 is 0 Å². The lowest BCUT2D eigenvalue weighted by Crippen LogP contribution is -2.50. The summed E-state index contributed by atoms with van der Waals surface area (Å²) in [6.45, 7) is 5.87. The van der Waals surface area contributed by atoms with Crippen LogP contribution in [-0.2, 0) is 0 Å². The Hall–Kier alpha value is -3.80. The van der Waals surface area contributed by atoms with Crippen molar-refractivity contribution in [1.29, 1.82) is 0 Å². The van der Waals surface area contributed by atoms with Gasteiger partial charge in [-0.05, 0) is 38.1 Å². The van der Waals surface area contributed by atoms with Gasteiger partial charge in [0.05, 0.1) is 21.2 Å². The van der Waals surface area contributed by atoms with Crippen LogP contribution in [0, 0.1) is 25.5 Å². The van der Waals surface area contributed by atoms with E-state index in [1.165, 1.54) is 36.4 Å². The standard InChI is InChI=1S/C28H25Cl2F2N5O4/c1-15-21(25(34-40-15)23-17(29)5-3-7-19(23)31)27(38)33-9-10-36-11-13-37(14-12-36)28(39)22-16(2)41-35-26(22)24-18(30)6-4-8-20(24)32/h3-8H,9-14H2,1-2H3,(H,33,38). The molecule has 2 aromatic heterocycles. The van der Waals surface area contributed by atoms with Crippen LogP contribution in [0.3, 0.4) is 0 Å². The first kappa shape index (κ1) is 28.7. The van der Waals surface area contributed by atoms with E-state index in [1.54, 1.807) is 18.7 Å². The Morgan fingerprint density at radius 3 is 1.90 bits per heavy atom. The summed E-state index contributed by atoms with van der Waals surface area (Å²) in [4.78, 5) is 30.1. The lowest BCUT2D eigenvalue weighted by Gasteiger charge is -2.34. The minimum Gasteiger partial charge on any atom is -0.360 e. The van der Waals surface area contributed by atoms with Crippen LogP contribution < -0.4 is 5.32 Å². The monoisotopic (exact) mass is 603 g/mol. The summed E-state index contributed by atoms with van der Waals surface area (Å²) in [5.41, 5.74) is 0.415. The molecule has 1 saturated heterocycles. The molecule has 2 amide bonds. The van der Waals surface area contributed by atoms with Crippen molar-refractivity contribution in [3.63, 3.8) is 0 Å². The third kappa shape index (κ3) is 5.70. The van der Waals surface area contributed by atoms with E-state index >= 15 is 0 Å². The van der Waals surface area contributed by atoms with Crippen molar-refractivity contribution in [3.05, 3.63) is 80.7 Å². The van der Waals surface area contributed by atoms with Gasteiger partial charge in [0.2, 0.25) is 0 Å². The van der Waals surface area contributed by atoms with Crippen LogP contribution in [0.25, 0.3) is 22.5 Å². The number of aryl methyl sites for hydroxylation is 2. The second kappa shape index (κ2) is 12.0. The molecule has 13 heteroatoms. The molecule has 1 N–H and O–H groups in total. The topological polar surface area (TPSA) is 105 Å². The number of aromatic nitrogens is 2. The second-order valence-electron chi connectivity index (χ2n) is 9.51. The third-order valence-electron chi connectivity index (χ3n) is 6.94. The lowest BCUT2D eigenvalue weighted by molar-refractivity contribution is 0.0637. The highest BCUT2D eigenvalue weighted by molar-refractivity contribution is 6.34. The van der Waals surface area contributed by atoms with Crippen LogP contribution in [0.1, 0.15) is 32.2 Å². The molecule has 9 nitrogen and oxygen atoms in total. The molecule has 3 heterocycles. The maximum Gasteiger partial charge on any atom is 0.259 e. The first-order valence-electron chi connectivity index (χ1n) is 12.8. The molecule has 2 aromatic carbocycles. The molecule has 1 aliphatic heterocycles. The molecule has 41 heavy (non-hydrogen) atoms. The zero-order valence-electron chi connectivity index (χ0n) is 22.1. The summed E-state index contributed by atoms with van der Waals surface area (Å²) in [7, 11) is 0. The summed E-state index contributed by atoms with van der Waals surface area (Å²) in [5, 5.41) is 10.9. The fourth-order valence-corrected chi connectivity index (χ4v) is 5.31. The second-order valence-corrected chi connectivity index (χ2v) is 10.3. The van der Waals surface area contributed by atoms with Gasteiger partial charge in [0.25, 0.3) is 11.8 Å². The van der Waals surface area contributed by atoms with Crippen molar-refractivity contribution >= 4 is 35.0 Å². The van der Waals surface area contributed by atoms with E-state index in [0.717, 1.165) is 0 Å². The molecule has 5 rings (SSSR count). The van der Waals surface area contributed by atoms with Crippen molar-refractivity contribution in [2.45, 2.75) is 13.8 Å². The quantitative estimate of drug-likeness (QED) is 0.302. The molecule has 0 atom stereocenters. The Morgan fingerprint density at radius 2 is 1.37 bits per heavy atom. The van der Waals surface area contributed by atoms with Crippen LogP contribution in [0.5, 0.6) is 0 Å². The van der Waals surface area contributed by atoms with E-state index in [1.807, 2.05) is 0 Å². The number of benzene rings is 2. The highest BCUT2D eigenvalue weighted by Crippen LogP contribution is 2.35. The average molecular weight is 604 g/mol. The summed E-state index contributed by atoms with van der Waals surface area (Å²) < 4.78 is 39.4. The van der Waals surface area contributed by atoms with Gasteiger partial charge in [0.15, 0.2) is 0 Å². The smallest absolute Gasteiger partial charge is 0.259 e. The summed E-state index contributed by atoms with van der Waals surface area (Å²) >= 11 is 12.4. The molecule has 0 radical (unpaired) electrons. The molecule has 0 aliphatic carbocycles. The van der Waals surface area contributed by atoms with Crippen molar-refractivity contribution in [3.8, 4) is 22.5 Å². The Balaban J connectivity index is 1.19. The Kier molecular flexibility index (Phi) is 8.39. The molecule has 0 spiro atoms. The maximum atomic E-state index is 14.6. The number of carbonyl (C=O) groups excluding carboxylic acids is 2. The zero-order chi connectivity index (χ0) is 29.3. The van der Waals surface area contributed by atoms with E-state index in [0.29, 0.717) is 39.3 Å². The molecule has 0 bridgehead atoms. The van der Waals surface area contributed by atoms with Gasteiger partial charge in [0.1, 0.15) is 45.7 Å². The van der Waals surface area contributed by atoms with Gasteiger partial charge in [-0.3, -0.25) is 14.5 Å². The summed E-state index contributed by atoms with van der Waals surface area (Å²) in [5.74, 6) is -1.49. The van der Waals surface area contributed by atoms with Gasteiger partial charge in [-0.1, -0.05) is 45.6 Å². The summed E-state index contributed by atoms with van der Waals surface area (Å²) in [6, 6.07) is 8.45. The van der Waals surface area contributed by atoms with Gasteiger partial charge in [-0.2, -0.15) is 0 Å². The van der Waals surface area contributed by atoms with Gasteiger partial charge in [-0.25, -0.2) is 8.78 Å². The van der Waals surface area contributed by atoms with Crippen molar-refractivity contribution < 1.29 is 27.4 Å². The number of rotatable bonds is 7. The number of nitrogens with one attached hydrogen (secondary N) is 1. The molecule has 1 aliphatic rings. The fourth-order valence-electron chi connectivity index (χ4n) is 4.80. The predicted molar refractivity (Wildman–Crippen MR) is 148 cm³/mol. The zero-order valence-corrected chi connectivity index (χ0v) is 23.7. The SMILES string of the molecule is Cc1onc(-c2c(F)cccc2Cl)c1C(=O)NCCN1CCN(C(=O)c2c(-c3c(F)cccc3Cl)noc2C)CC1. The normalized spacial score (nSPS) is 14.0. The Bertz CT molecular complexity index is 1570. The van der Waals surface area contributed by atoms with Crippen molar-refractivity contribution in [2.24, 2.45) is 0 Å². The lowest BCUT2D eigenvalue weighted by atomic mass is 10.0. The van der Waals surface area contributed by atoms with Gasteiger partial charge < -0.3 is 19.3 Å². The molecule has 0 unspecified atom stereocenters. The molecule has 1 fully saturated rings. The number of amides is 2. The average Bonchev–Trinajstić information content (AvgIpc) is 3.50. The summed E-state index contributed by atoms with van der Waals surface area (Å²) in [6.07, 6.45) is 0. The highest BCUT2D eigenvalue weighted by atomic mass is 35.5. The molecule has 214 valence electrons. The minimum absolute atomic E-state index is 0.000413. The molecule has 4 aromatic rings. The Labute approximate surface area is 244 Å². The maximum absolute atomic E-state index is 14.6. The number of halogens is 4. The fraction of sp³-hybridized carbons (Fsp3) is 0.286. The number of nitrogens with zero attached hydrogens (tertiary/aromatic N) is 4. The number of piperazine rings is 1. The van der Waals surface area contributed by atoms with E-state index in [2.05, 4.69) is 20.5 Å². The van der Waals surface area contributed by atoms with Gasteiger partial charge in [-0.15, -0.1) is 0 Å². The van der Waals surface area contributed by atoms with Crippen LogP contribution in [0.2, 0.25) is 10.0 Å². The largest absolute Gasteiger partial charge is 0.360 e. The van der Waals surface area contributed by atoms with Crippen LogP contribution in [0.4, 0.5) is 8.78 Å². The van der Waals surface area contributed by atoms with E-state index in [4.69, 9.17) is 32.2 Å². The van der Waals surface area contributed by atoms with Crippen molar-refractivity contribution in [2.75, 3.05) is 39.3 Å². The van der Waals surface area contributed by atoms with E-state index in [-0.39, 0.29) is 61.1 Å². The molecule has 0 saturated carbocycles. The van der Waals surface area contributed by atoms with Crippen LogP contribution in [-0.4, -0.2) is 71.2 Å². The number of hydrogen-bond donors (Lipinski definition) is 1. The van der Waals surface area contributed by atoms with Crippen LogP contribution in [0.15, 0.2) is 45.4 Å². The van der Waals surface area contributed by atoms with Gasteiger partial charge in [0, 0.05) is 39.3 Å². The Morgan fingerprint density at radius 1 is 0.854 bits per heavy atom. The highest BCUT2D eigenvalue weighted by Gasteiger charge is 2.31. The van der Waals surface area contributed by atoms with E-state index in [9.17, 15) is 18.4 Å². The number of carbonyl (C=O) groups is 2. The number of hydrogen-bond acceptors (Lipinski definition) is 7. The predicted octanol–water partition coefficient (Wildman–Crippen LogP) is 5.39. The molecular formula is C28H25Cl2F2N5O4. The van der Waals surface area contributed by atoms with E-state index < -0.39 is 17.5 Å². The minimum atomic E-state index is -0.613. The van der Waals surface area contributed by atoms with Crippen molar-refractivity contribution in [1.82, 2.24) is 25.4 Å². The molecular weight excluding hydrogens is 579 g/mol. The first-order chi connectivity index (χ1) is 19.7. The van der Waals surface area contributed by atoms with Crippen LogP contribution >= 0.6 is 23.2 Å². The third-order valence-corrected chi connectivity index (χ3v) is 7.57. The first-order valence-corrected chi connectivity index (χ1v) is 13.5.